The quantitative estimate of drug-likeness (QED) is 0.136. The molecule has 2 aromatic carbocycles. The molecule has 15 nitrogen and oxygen atoms in total. The minimum absolute atomic E-state index is 0.0111. The third-order valence-corrected chi connectivity index (χ3v) is 15.8. The molecule has 2 saturated carbocycles. The van der Waals surface area contributed by atoms with Crippen LogP contribution in [0.25, 0.3) is 21.8 Å². The highest BCUT2D eigenvalue weighted by molar-refractivity contribution is 6.33. The monoisotopic (exact) mass is 941 g/mol. The number of carbonyl (C=O) groups is 2. The molecule has 354 valence electrons. The number of piperidine rings is 1. The van der Waals surface area contributed by atoms with Gasteiger partial charge in [-0.05, 0) is 94.9 Å². The molecule has 0 radical (unpaired) electrons. The second kappa shape index (κ2) is 16.0. The van der Waals surface area contributed by atoms with Gasteiger partial charge in [-0.1, -0.05) is 11.6 Å². The first-order valence-corrected chi connectivity index (χ1v) is 23.8. The van der Waals surface area contributed by atoms with Gasteiger partial charge in [-0.2, -0.15) is 10.1 Å². The molecule has 2 amide bonds. The molecule has 3 N–H and O–H groups in total. The Morgan fingerprint density at radius 1 is 0.940 bits per heavy atom. The molecule has 5 aromatic rings. The molecule has 3 saturated heterocycles. The largest absolute Gasteiger partial charge is 0.480 e. The normalized spacial score (nSPS) is 23.9. The number of aromatic nitrogens is 5. The molecular formula is C48H55ClF3N11O4. The molecule has 67 heavy (non-hydrogen) atoms. The van der Waals surface area contributed by atoms with Crippen molar-refractivity contribution in [2.75, 3.05) is 66.3 Å². The van der Waals surface area contributed by atoms with Crippen LogP contribution in [0.5, 0.6) is 5.75 Å². The Balaban J connectivity index is 0.719. The summed E-state index contributed by atoms with van der Waals surface area (Å²) in [5.74, 6) is -4.01. The number of rotatable bonds is 8. The van der Waals surface area contributed by atoms with E-state index in [1.807, 2.05) is 11.7 Å². The number of fused-ring (bicyclic) bond motifs is 4. The number of halogens is 4. The summed E-state index contributed by atoms with van der Waals surface area (Å²) in [5, 5.41) is 14.7. The van der Waals surface area contributed by atoms with Crippen LogP contribution in [-0.4, -0.2) is 104 Å². The zero-order chi connectivity index (χ0) is 46.7. The lowest BCUT2D eigenvalue weighted by Crippen LogP contribution is -2.61. The number of ether oxygens (including phenoxy) is 1. The van der Waals surface area contributed by atoms with Gasteiger partial charge >= 0.3 is 5.92 Å². The molecule has 19 heteroatoms. The fourth-order valence-corrected chi connectivity index (χ4v) is 11.6. The molecule has 11 rings (SSSR count). The van der Waals surface area contributed by atoms with Gasteiger partial charge in [0, 0.05) is 93.3 Å². The maximum atomic E-state index is 15.8. The van der Waals surface area contributed by atoms with E-state index in [2.05, 4.69) is 67.7 Å². The predicted molar refractivity (Wildman–Crippen MR) is 250 cm³/mol. The highest BCUT2D eigenvalue weighted by Crippen LogP contribution is 2.49. The van der Waals surface area contributed by atoms with Gasteiger partial charge in [0.2, 0.25) is 23.5 Å². The van der Waals surface area contributed by atoms with Crippen molar-refractivity contribution in [2.24, 2.45) is 31.3 Å². The van der Waals surface area contributed by atoms with E-state index in [4.69, 9.17) is 26.4 Å². The number of nitrogens with one attached hydrogen (secondary N) is 3. The standard InChI is InChI=1S/C48H55ClF3N11O4/c1-46(2)22-61(28-7-8-29-36(17-28)60(4)58-38(29)30-9-10-37(64)55-43(30)65)15-16-63(46)21-26-11-13-47(14-12-26)23-62(24-47)45-53-20-32(49)42(57-45)54-34-18-31-35(19-33(34)50)59(3)44(66)40-39(31)56-41(27-5-6-27)48(51,52)25-67-40/h7-8,17-20,26-27,30,41,56H,5-6,9-16,21-25H2,1-4H3,(H,53,54,57)(H,55,64,65)/t30?,41-/m0/s1. The predicted octanol–water partition coefficient (Wildman–Crippen LogP) is 7.09. The number of amides is 2. The number of benzene rings is 2. The lowest BCUT2D eigenvalue weighted by molar-refractivity contribution is -0.134. The van der Waals surface area contributed by atoms with Crippen LogP contribution >= 0.6 is 11.6 Å². The zero-order valence-corrected chi connectivity index (χ0v) is 38.9. The minimum Gasteiger partial charge on any atom is -0.480 e. The number of pyridine rings is 1. The Morgan fingerprint density at radius 3 is 2.45 bits per heavy atom. The Labute approximate surface area is 390 Å². The summed E-state index contributed by atoms with van der Waals surface area (Å²) in [6.45, 7) is 9.14. The number of carbonyl (C=O) groups excluding carboxylic acids is 2. The summed E-state index contributed by atoms with van der Waals surface area (Å²) >= 11 is 6.60. The van der Waals surface area contributed by atoms with Crippen molar-refractivity contribution in [1.82, 2.24) is 34.5 Å². The van der Waals surface area contributed by atoms with Crippen LogP contribution in [-0.2, 0) is 23.7 Å². The number of imide groups is 1. The van der Waals surface area contributed by atoms with Crippen LogP contribution in [0.2, 0.25) is 5.02 Å². The van der Waals surface area contributed by atoms with Crippen LogP contribution in [0, 0.1) is 23.1 Å². The molecule has 1 unspecified atom stereocenters. The SMILES string of the molecule is Cn1nc(C2CCC(=O)NC2=O)c2ccc(N3CCN(CC4CCC5(CC4)CN(c4ncc(Cl)c(Nc6cc7c8c(c(=O)n(C)c7cc6F)OCC(F)(F)[C@H](C6CC6)N8)n4)C5)C(C)(C)C3)cc21. The summed E-state index contributed by atoms with van der Waals surface area (Å²) < 4.78 is 54.8. The fraction of sp³-hybridized carbons (Fsp3) is 0.542. The molecule has 7 heterocycles. The van der Waals surface area contributed by atoms with Crippen molar-refractivity contribution in [3.05, 3.63) is 63.4 Å². The van der Waals surface area contributed by atoms with Crippen molar-refractivity contribution >= 4 is 74.0 Å². The Morgan fingerprint density at radius 2 is 1.72 bits per heavy atom. The lowest BCUT2D eigenvalue weighted by Gasteiger charge is -2.54. The van der Waals surface area contributed by atoms with Gasteiger partial charge in [0.05, 0.1) is 46.3 Å². The number of alkyl halides is 2. The van der Waals surface area contributed by atoms with Crippen LogP contribution < -0.4 is 36.0 Å². The summed E-state index contributed by atoms with van der Waals surface area (Å²) in [7, 11) is 3.37. The molecule has 2 atom stereocenters. The number of aryl methyl sites for hydroxylation is 2. The first-order chi connectivity index (χ1) is 32.0. The van der Waals surface area contributed by atoms with E-state index in [-0.39, 0.29) is 62.2 Å². The van der Waals surface area contributed by atoms with Crippen molar-refractivity contribution in [3.8, 4) is 5.75 Å². The third-order valence-electron chi connectivity index (χ3n) is 15.5. The molecular weight excluding hydrogens is 887 g/mol. The van der Waals surface area contributed by atoms with Crippen molar-refractivity contribution < 1.29 is 27.5 Å². The van der Waals surface area contributed by atoms with Crippen molar-refractivity contribution in [1.29, 1.82) is 0 Å². The molecule has 4 aliphatic heterocycles. The second-order valence-electron chi connectivity index (χ2n) is 20.6. The topological polar surface area (TPSA) is 155 Å². The summed E-state index contributed by atoms with van der Waals surface area (Å²) in [5.41, 5.74) is 2.68. The Hall–Kier alpha value is -5.62. The van der Waals surface area contributed by atoms with Crippen LogP contribution in [0.4, 0.5) is 42.0 Å². The number of hydrogen-bond acceptors (Lipinski definition) is 12. The number of nitrogens with zero attached hydrogens (tertiary/aromatic N) is 8. The van der Waals surface area contributed by atoms with Crippen LogP contribution in [0.1, 0.15) is 76.8 Å². The molecule has 6 aliphatic rings. The van der Waals surface area contributed by atoms with Gasteiger partial charge < -0.3 is 29.7 Å². The summed E-state index contributed by atoms with van der Waals surface area (Å²) in [6, 6.07) is 7.85. The van der Waals surface area contributed by atoms with Gasteiger partial charge in [0.25, 0.3) is 5.56 Å². The highest BCUT2D eigenvalue weighted by atomic mass is 35.5. The van der Waals surface area contributed by atoms with Gasteiger partial charge in [-0.3, -0.25) is 29.3 Å². The second-order valence-corrected chi connectivity index (χ2v) is 21.0. The highest BCUT2D eigenvalue weighted by Gasteiger charge is 2.51. The number of piperazine rings is 1. The van der Waals surface area contributed by atoms with Gasteiger partial charge in [0.1, 0.15) is 10.8 Å². The van der Waals surface area contributed by atoms with E-state index in [0.717, 1.165) is 87.2 Å². The van der Waals surface area contributed by atoms with E-state index in [0.29, 0.717) is 42.9 Å². The van der Waals surface area contributed by atoms with E-state index in [1.165, 1.54) is 29.9 Å². The summed E-state index contributed by atoms with van der Waals surface area (Å²) in [6.07, 6.45) is 8.07. The molecule has 0 bridgehead atoms. The van der Waals surface area contributed by atoms with Crippen molar-refractivity contribution in [3.63, 3.8) is 0 Å². The average Bonchev–Trinajstić information content (AvgIpc) is 4.08. The Kier molecular flexibility index (Phi) is 10.5. The van der Waals surface area contributed by atoms with Crippen molar-refractivity contribution in [2.45, 2.75) is 88.6 Å². The van der Waals surface area contributed by atoms with Crippen LogP contribution in [0.3, 0.4) is 0 Å². The zero-order valence-electron chi connectivity index (χ0n) is 38.1. The van der Waals surface area contributed by atoms with E-state index >= 15 is 13.2 Å². The Bertz CT molecular complexity index is 2900. The number of hydrogen-bond donors (Lipinski definition) is 3. The fourth-order valence-electron chi connectivity index (χ4n) is 11.5. The van der Waals surface area contributed by atoms with Crippen LogP contribution in [0.15, 0.2) is 41.3 Å². The maximum absolute atomic E-state index is 15.8. The van der Waals surface area contributed by atoms with E-state index in [1.54, 1.807) is 0 Å². The van der Waals surface area contributed by atoms with E-state index < -0.39 is 35.9 Å². The maximum Gasteiger partial charge on any atom is 0.301 e. The molecule has 5 fully saturated rings. The molecule has 1 spiro atoms. The smallest absolute Gasteiger partial charge is 0.301 e. The van der Waals surface area contributed by atoms with Gasteiger partial charge in [-0.25, -0.2) is 18.2 Å². The number of anilines is 5. The lowest BCUT2D eigenvalue weighted by atomic mass is 9.66. The van der Waals surface area contributed by atoms with Gasteiger partial charge in [0.15, 0.2) is 12.4 Å². The minimum atomic E-state index is -3.21. The summed E-state index contributed by atoms with van der Waals surface area (Å²) in [4.78, 5) is 54.2. The first-order valence-electron chi connectivity index (χ1n) is 23.4. The molecule has 3 aromatic heterocycles. The van der Waals surface area contributed by atoms with Gasteiger partial charge in [-0.15, -0.1) is 0 Å². The third kappa shape index (κ3) is 7.80. The van der Waals surface area contributed by atoms with E-state index in [9.17, 15) is 14.4 Å². The average molecular weight is 942 g/mol. The first kappa shape index (κ1) is 43.9. The molecule has 2 aliphatic carbocycles.